The Hall–Kier alpha value is -2.16. The molecule has 0 fully saturated rings. The van der Waals surface area contributed by atoms with Crippen molar-refractivity contribution in [3.8, 4) is 11.5 Å². The molecular weight excluding hydrogens is 250 g/mol. The summed E-state index contributed by atoms with van der Waals surface area (Å²) < 4.78 is 5.26. The van der Waals surface area contributed by atoms with Gasteiger partial charge in [0.05, 0.1) is 13.2 Å². The average molecular weight is 271 g/mol. The maximum atomic E-state index is 9.96. The highest BCUT2D eigenvalue weighted by Crippen LogP contribution is 2.29. The summed E-state index contributed by atoms with van der Waals surface area (Å²) in [5.41, 5.74) is 4.13. The molecule has 0 saturated carbocycles. The van der Waals surface area contributed by atoms with Gasteiger partial charge in [-0.3, -0.25) is 0 Å². The lowest BCUT2D eigenvalue weighted by atomic mass is 10.0. The quantitative estimate of drug-likeness (QED) is 0.876. The zero-order valence-corrected chi connectivity index (χ0v) is 12.4. The molecule has 0 aliphatic rings. The lowest BCUT2D eigenvalue weighted by molar-refractivity contribution is 0.412. The van der Waals surface area contributed by atoms with Crippen LogP contribution in [0.2, 0.25) is 0 Å². The van der Waals surface area contributed by atoms with Gasteiger partial charge in [-0.25, -0.2) is 0 Å². The van der Waals surface area contributed by atoms with Gasteiger partial charge in [-0.15, -0.1) is 0 Å². The van der Waals surface area contributed by atoms with Crippen molar-refractivity contribution in [3.63, 3.8) is 0 Å². The van der Waals surface area contributed by atoms with Gasteiger partial charge in [0.1, 0.15) is 11.5 Å². The number of aromatic hydroxyl groups is 1. The molecule has 106 valence electrons. The molecule has 0 bridgehead atoms. The number of methoxy groups -OCH3 is 1. The number of hydrogen-bond donors (Lipinski definition) is 2. The van der Waals surface area contributed by atoms with Crippen molar-refractivity contribution in [1.29, 1.82) is 0 Å². The molecule has 2 N–H and O–H groups in total. The van der Waals surface area contributed by atoms with E-state index >= 15 is 0 Å². The number of phenolic OH excluding ortho intramolecular Hbond substituents is 1. The number of nitrogens with one attached hydrogen (secondary N) is 1. The summed E-state index contributed by atoms with van der Waals surface area (Å²) in [5.74, 6) is 1.20. The van der Waals surface area contributed by atoms with Crippen molar-refractivity contribution in [1.82, 2.24) is 0 Å². The zero-order chi connectivity index (χ0) is 14.7. The van der Waals surface area contributed by atoms with Crippen LogP contribution in [-0.4, -0.2) is 12.2 Å². The molecule has 3 heteroatoms. The number of rotatable bonds is 4. The average Bonchev–Trinajstić information content (AvgIpc) is 2.41. The van der Waals surface area contributed by atoms with E-state index in [-0.39, 0.29) is 6.04 Å². The van der Waals surface area contributed by atoms with Gasteiger partial charge in [0.25, 0.3) is 0 Å². The van der Waals surface area contributed by atoms with Gasteiger partial charge < -0.3 is 15.2 Å². The molecule has 2 aromatic rings. The SMILES string of the molecule is COc1ccc(NC(C)c2cc(C)ccc2O)cc1C. The summed E-state index contributed by atoms with van der Waals surface area (Å²) in [7, 11) is 1.67. The summed E-state index contributed by atoms with van der Waals surface area (Å²) in [6.45, 7) is 6.07. The maximum Gasteiger partial charge on any atom is 0.121 e. The third-order valence-corrected chi connectivity index (χ3v) is 3.43. The smallest absolute Gasteiger partial charge is 0.121 e. The topological polar surface area (TPSA) is 41.5 Å². The fraction of sp³-hybridized carbons (Fsp3) is 0.294. The molecule has 0 heterocycles. The molecule has 0 radical (unpaired) electrons. The van der Waals surface area contributed by atoms with E-state index < -0.39 is 0 Å². The molecule has 0 aliphatic heterocycles. The number of benzene rings is 2. The second-order valence-corrected chi connectivity index (χ2v) is 5.11. The molecule has 20 heavy (non-hydrogen) atoms. The van der Waals surface area contributed by atoms with Crippen LogP contribution in [0.1, 0.15) is 29.7 Å². The summed E-state index contributed by atoms with van der Waals surface area (Å²) in [6, 6.07) is 11.6. The molecule has 2 rings (SSSR count). The highest BCUT2D eigenvalue weighted by molar-refractivity contribution is 5.53. The number of aryl methyl sites for hydroxylation is 2. The van der Waals surface area contributed by atoms with Crippen LogP contribution < -0.4 is 10.1 Å². The monoisotopic (exact) mass is 271 g/mol. The molecule has 0 aromatic heterocycles. The summed E-state index contributed by atoms with van der Waals surface area (Å²) >= 11 is 0. The minimum atomic E-state index is 0.0303. The summed E-state index contributed by atoms with van der Waals surface area (Å²) in [4.78, 5) is 0. The predicted molar refractivity (Wildman–Crippen MR) is 82.6 cm³/mol. The van der Waals surface area contributed by atoms with Gasteiger partial charge in [0.2, 0.25) is 0 Å². The van der Waals surface area contributed by atoms with E-state index in [9.17, 15) is 5.11 Å². The number of hydrogen-bond acceptors (Lipinski definition) is 3. The fourth-order valence-electron chi connectivity index (χ4n) is 2.32. The highest BCUT2D eigenvalue weighted by Gasteiger charge is 2.11. The van der Waals surface area contributed by atoms with Crippen molar-refractivity contribution in [3.05, 3.63) is 53.1 Å². The first kappa shape index (κ1) is 14.3. The van der Waals surface area contributed by atoms with Crippen LogP contribution in [-0.2, 0) is 0 Å². The Kier molecular flexibility index (Phi) is 4.18. The minimum absolute atomic E-state index is 0.0303. The number of anilines is 1. The molecule has 0 saturated heterocycles. The van der Waals surface area contributed by atoms with Crippen molar-refractivity contribution in [2.75, 3.05) is 12.4 Å². The Balaban J connectivity index is 2.21. The Labute approximate surface area is 120 Å². The molecule has 3 nitrogen and oxygen atoms in total. The second kappa shape index (κ2) is 5.87. The second-order valence-electron chi connectivity index (χ2n) is 5.11. The third kappa shape index (κ3) is 3.05. The minimum Gasteiger partial charge on any atom is -0.508 e. The van der Waals surface area contributed by atoms with Gasteiger partial charge in [0.15, 0.2) is 0 Å². The van der Waals surface area contributed by atoms with E-state index in [1.807, 2.05) is 51.1 Å². The Morgan fingerprint density at radius 2 is 1.85 bits per heavy atom. The van der Waals surface area contributed by atoms with E-state index in [4.69, 9.17) is 4.74 Å². The maximum absolute atomic E-state index is 9.96. The van der Waals surface area contributed by atoms with Crippen molar-refractivity contribution < 1.29 is 9.84 Å². The molecule has 0 aliphatic carbocycles. The van der Waals surface area contributed by atoms with Gasteiger partial charge in [0, 0.05) is 11.3 Å². The Bertz CT molecular complexity index is 608. The molecule has 1 atom stereocenters. The number of phenols is 1. The van der Waals surface area contributed by atoms with Crippen LogP contribution in [0.5, 0.6) is 11.5 Å². The predicted octanol–water partition coefficient (Wildman–Crippen LogP) is 4.19. The van der Waals surface area contributed by atoms with Crippen LogP contribution in [0.15, 0.2) is 36.4 Å². The summed E-state index contributed by atoms with van der Waals surface area (Å²) in [5, 5.41) is 13.4. The van der Waals surface area contributed by atoms with E-state index in [1.54, 1.807) is 13.2 Å². The largest absolute Gasteiger partial charge is 0.508 e. The van der Waals surface area contributed by atoms with Crippen LogP contribution >= 0.6 is 0 Å². The van der Waals surface area contributed by atoms with Crippen molar-refractivity contribution in [2.24, 2.45) is 0 Å². The van der Waals surface area contributed by atoms with Gasteiger partial charge >= 0.3 is 0 Å². The standard InChI is InChI=1S/C17H21NO2/c1-11-5-7-16(19)15(9-11)13(3)18-14-6-8-17(20-4)12(2)10-14/h5-10,13,18-19H,1-4H3. The van der Waals surface area contributed by atoms with Gasteiger partial charge in [-0.1, -0.05) is 17.7 Å². The molecule has 0 spiro atoms. The van der Waals surface area contributed by atoms with E-state index in [0.29, 0.717) is 5.75 Å². The van der Waals surface area contributed by atoms with E-state index in [1.165, 1.54) is 0 Å². The first-order chi connectivity index (χ1) is 9.51. The molecule has 0 amide bonds. The lowest BCUT2D eigenvalue weighted by Gasteiger charge is -2.18. The molecule has 2 aromatic carbocycles. The van der Waals surface area contributed by atoms with Crippen LogP contribution in [0.4, 0.5) is 5.69 Å². The fourth-order valence-corrected chi connectivity index (χ4v) is 2.32. The first-order valence-electron chi connectivity index (χ1n) is 6.72. The van der Waals surface area contributed by atoms with Gasteiger partial charge in [-0.2, -0.15) is 0 Å². The lowest BCUT2D eigenvalue weighted by Crippen LogP contribution is -2.07. The molecular formula is C17H21NO2. The number of ether oxygens (including phenoxy) is 1. The summed E-state index contributed by atoms with van der Waals surface area (Å²) in [6.07, 6.45) is 0. The van der Waals surface area contributed by atoms with Crippen LogP contribution in [0.3, 0.4) is 0 Å². The zero-order valence-electron chi connectivity index (χ0n) is 12.4. The first-order valence-corrected chi connectivity index (χ1v) is 6.72. The molecule has 1 unspecified atom stereocenters. The van der Waals surface area contributed by atoms with E-state index in [2.05, 4.69) is 5.32 Å². The highest BCUT2D eigenvalue weighted by atomic mass is 16.5. The Morgan fingerprint density at radius 1 is 1.10 bits per heavy atom. The van der Waals surface area contributed by atoms with Crippen LogP contribution in [0.25, 0.3) is 0 Å². The van der Waals surface area contributed by atoms with Crippen molar-refractivity contribution >= 4 is 5.69 Å². The van der Waals surface area contributed by atoms with Crippen LogP contribution in [0, 0.1) is 13.8 Å². The van der Waals surface area contributed by atoms with Crippen molar-refractivity contribution in [2.45, 2.75) is 26.8 Å². The van der Waals surface area contributed by atoms with E-state index in [0.717, 1.165) is 28.1 Å². The van der Waals surface area contributed by atoms with Gasteiger partial charge in [-0.05, 0) is 50.6 Å². The normalized spacial score (nSPS) is 12.0. The Morgan fingerprint density at radius 3 is 2.50 bits per heavy atom. The third-order valence-electron chi connectivity index (χ3n) is 3.43.